The number of allylic oxidation sites excluding steroid dienone is 1. The number of hydrogen-bond acceptors (Lipinski definition) is 3. The number of aliphatic hydroxyl groups is 1. The molecule has 1 atom stereocenters. The molecule has 0 radical (unpaired) electrons. The van der Waals surface area contributed by atoms with Crippen LogP contribution in [0.1, 0.15) is 64.7 Å². The molecule has 1 fully saturated rings. The lowest BCUT2D eigenvalue weighted by Crippen LogP contribution is -2.23. The molecule has 1 amide bonds. The third kappa shape index (κ3) is 8.17. The number of nitrogens with zero attached hydrogens (tertiary/aromatic N) is 1. The van der Waals surface area contributed by atoms with Crippen LogP contribution < -0.4 is 10.2 Å². The van der Waals surface area contributed by atoms with E-state index in [1.54, 1.807) is 0 Å². The highest BCUT2D eigenvalue weighted by Crippen LogP contribution is 2.21. The minimum atomic E-state index is 0.0149. The predicted molar refractivity (Wildman–Crippen MR) is 114 cm³/mol. The summed E-state index contributed by atoms with van der Waals surface area (Å²) in [7, 11) is 0. The molecule has 1 saturated heterocycles. The normalized spacial score (nSPS) is 16.3. The largest absolute Gasteiger partial charge is 0.396 e. The number of aliphatic hydroxyl groups excluding tert-OH is 1. The van der Waals surface area contributed by atoms with Gasteiger partial charge >= 0.3 is 0 Å². The van der Waals surface area contributed by atoms with Gasteiger partial charge in [0.15, 0.2) is 0 Å². The Morgan fingerprint density at radius 2 is 1.81 bits per heavy atom. The van der Waals surface area contributed by atoms with Crippen LogP contribution in [0.3, 0.4) is 0 Å². The molecule has 1 aromatic rings. The van der Waals surface area contributed by atoms with Crippen LogP contribution in [0.25, 0.3) is 0 Å². The Bertz CT molecular complexity index is 560. The molecule has 4 nitrogen and oxygen atoms in total. The number of rotatable bonds is 10. The third-order valence-electron chi connectivity index (χ3n) is 5.29. The van der Waals surface area contributed by atoms with Crippen LogP contribution in [0.5, 0.6) is 0 Å². The van der Waals surface area contributed by atoms with Gasteiger partial charge in [0.2, 0.25) is 5.91 Å². The molecule has 4 heteroatoms. The van der Waals surface area contributed by atoms with E-state index < -0.39 is 0 Å². The first-order valence-corrected chi connectivity index (χ1v) is 10.6. The monoisotopic (exact) mass is 372 g/mol. The average Bonchev–Trinajstić information content (AvgIpc) is 2.97. The van der Waals surface area contributed by atoms with Crippen LogP contribution in [0.15, 0.2) is 36.4 Å². The fraction of sp³-hybridized carbons (Fsp3) is 0.609. The minimum absolute atomic E-state index is 0.0149. The molecule has 0 saturated carbocycles. The van der Waals surface area contributed by atoms with Gasteiger partial charge in [0.1, 0.15) is 0 Å². The van der Waals surface area contributed by atoms with Crippen molar-refractivity contribution < 1.29 is 9.90 Å². The van der Waals surface area contributed by atoms with E-state index in [0.29, 0.717) is 12.3 Å². The van der Waals surface area contributed by atoms with Crippen molar-refractivity contribution in [1.29, 1.82) is 0 Å². The molecule has 1 heterocycles. The van der Waals surface area contributed by atoms with Gasteiger partial charge in [-0.3, -0.25) is 4.79 Å². The van der Waals surface area contributed by atoms with E-state index in [0.717, 1.165) is 44.5 Å². The summed E-state index contributed by atoms with van der Waals surface area (Å²) in [5.74, 6) is 0.400. The van der Waals surface area contributed by atoms with Crippen LogP contribution in [-0.4, -0.2) is 30.7 Å². The van der Waals surface area contributed by atoms with Crippen LogP contribution in [-0.2, 0) is 4.79 Å². The van der Waals surface area contributed by atoms with Gasteiger partial charge in [0.05, 0.1) is 0 Å². The molecular weight excluding hydrogens is 336 g/mol. The quantitative estimate of drug-likeness (QED) is 0.559. The van der Waals surface area contributed by atoms with E-state index in [4.69, 9.17) is 0 Å². The van der Waals surface area contributed by atoms with Crippen molar-refractivity contribution in [1.82, 2.24) is 0 Å². The summed E-state index contributed by atoms with van der Waals surface area (Å²) < 4.78 is 0. The van der Waals surface area contributed by atoms with Crippen LogP contribution >= 0.6 is 0 Å². The van der Waals surface area contributed by atoms with Gasteiger partial charge < -0.3 is 15.3 Å². The van der Waals surface area contributed by atoms with Gasteiger partial charge in [-0.2, -0.15) is 0 Å². The zero-order valence-corrected chi connectivity index (χ0v) is 16.8. The lowest BCUT2D eigenvalue weighted by Gasteiger charge is -2.22. The highest BCUT2D eigenvalue weighted by atomic mass is 16.3. The second kappa shape index (κ2) is 12.6. The fourth-order valence-electron chi connectivity index (χ4n) is 3.67. The van der Waals surface area contributed by atoms with Gasteiger partial charge in [-0.05, 0) is 62.3 Å². The first-order valence-electron chi connectivity index (χ1n) is 10.6. The number of benzene rings is 1. The highest BCUT2D eigenvalue weighted by molar-refractivity contribution is 5.91. The number of carbonyl (C=O) groups is 1. The van der Waals surface area contributed by atoms with E-state index in [9.17, 15) is 9.90 Å². The average molecular weight is 373 g/mol. The molecule has 150 valence electrons. The molecule has 27 heavy (non-hydrogen) atoms. The molecule has 0 bridgehead atoms. The SMILES string of the molecule is CCCC(CO)CC/C=C/CC(=O)Nc1ccc(N2CCCCCC2)cc1. The smallest absolute Gasteiger partial charge is 0.228 e. The summed E-state index contributed by atoms with van der Waals surface area (Å²) in [5.41, 5.74) is 2.11. The van der Waals surface area contributed by atoms with Crippen molar-refractivity contribution in [2.75, 3.05) is 29.9 Å². The Kier molecular flexibility index (Phi) is 9.99. The van der Waals surface area contributed by atoms with Gasteiger partial charge in [0, 0.05) is 37.5 Å². The van der Waals surface area contributed by atoms with Gasteiger partial charge in [-0.1, -0.05) is 38.3 Å². The number of anilines is 2. The molecule has 1 unspecified atom stereocenters. The second-order valence-corrected chi connectivity index (χ2v) is 7.59. The van der Waals surface area contributed by atoms with Crippen LogP contribution in [0.4, 0.5) is 11.4 Å². The molecule has 2 N–H and O–H groups in total. The molecular formula is C23H36N2O2. The molecule has 0 spiro atoms. The van der Waals surface area contributed by atoms with E-state index >= 15 is 0 Å². The van der Waals surface area contributed by atoms with Gasteiger partial charge in [-0.15, -0.1) is 0 Å². The number of carbonyl (C=O) groups excluding carboxylic acids is 1. The van der Waals surface area contributed by atoms with Gasteiger partial charge in [-0.25, -0.2) is 0 Å². The Labute approximate surface area is 164 Å². The zero-order chi connectivity index (χ0) is 19.3. The minimum Gasteiger partial charge on any atom is -0.396 e. The van der Waals surface area contributed by atoms with E-state index in [2.05, 4.69) is 35.3 Å². The van der Waals surface area contributed by atoms with Crippen molar-refractivity contribution in [2.24, 2.45) is 5.92 Å². The lowest BCUT2D eigenvalue weighted by molar-refractivity contribution is -0.115. The molecule has 1 aromatic carbocycles. The van der Waals surface area contributed by atoms with E-state index in [1.807, 2.05) is 18.2 Å². The summed E-state index contributed by atoms with van der Waals surface area (Å²) in [6, 6.07) is 8.22. The third-order valence-corrected chi connectivity index (χ3v) is 5.29. The summed E-state index contributed by atoms with van der Waals surface area (Å²) in [4.78, 5) is 14.5. The maximum absolute atomic E-state index is 12.1. The summed E-state index contributed by atoms with van der Waals surface area (Å²) >= 11 is 0. The second-order valence-electron chi connectivity index (χ2n) is 7.59. The molecule has 0 aliphatic carbocycles. The van der Waals surface area contributed by atoms with Crippen molar-refractivity contribution >= 4 is 17.3 Å². The summed E-state index contributed by atoms with van der Waals surface area (Å²) in [6.45, 7) is 4.66. The highest BCUT2D eigenvalue weighted by Gasteiger charge is 2.10. The molecule has 2 rings (SSSR count). The van der Waals surface area contributed by atoms with Crippen molar-refractivity contribution in [3.8, 4) is 0 Å². The maximum Gasteiger partial charge on any atom is 0.228 e. The van der Waals surface area contributed by atoms with E-state index in [1.165, 1.54) is 31.4 Å². The molecule has 1 aliphatic rings. The Morgan fingerprint density at radius 1 is 1.11 bits per heavy atom. The summed E-state index contributed by atoms with van der Waals surface area (Å²) in [5, 5.41) is 12.3. The first-order chi connectivity index (χ1) is 13.2. The fourth-order valence-corrected chi connectivity index (χ4v) is 3.67. The molecule has 1 aliphatic heterocycles. The van der Waals surface area contributed by atoms with Crippen molar-refractivity contribution in [3.63, 3.8) is 0 Å². The maximum atomic E-state index is 12.1. The standard InChI is InChI=1S/C23H36N2O2/c1-2-10-20(19-26)11-6-5-7-12-23(27)24-21-13-15-22(16-14-21)25-17-8-3-4-9-18-25/h5,7,13-16,20,26H,2-4,6,8-12,17-19H2,1H3,(H,24,27)/b7-5+. The lowest BCUT2D eigenvalue weighted by atomic mass is 9.99. The number of hydrogen-bond donors (Lipinski definition) is 2. The van der Waals surface area contributed by atoms with Crippen molar-refractivity contribution in [2.45, 2.75) is 64.7 Å². The Hall–Kier alpha value is -1.81. The number of amides is 1. The van der Waals surface area contributed by atoms with Gasteiger partial charge in [0.25, 0.3) is 0 Å². The first kappa shape index (κ1) is 21.5. The summed E-state index contributed by atoms with van der Waals surface area (Å²) in [6.07, 6.45) is 13.7. The number of nitrogens with one attached hydrogen (secondary N) is 1. The van der Waals surface area contributed by atoms with Crippen molar-refractivity contribution in [3.05, 3.63) is 36.4 Å². The van der Waals surface area contributed by atoms with Crippen LogP contribution in [0, 0.1) is 5.92 Å². The van der Waals surface area contributed by atoms with E-state index in [-0.39, 0.29) is 12.5 Å². The van der Waals surface area contributed by atoms with Crippen LogP contribution in [0.2, 0.25) is 0 Å². The predicted octanol–water partition coefficient (Wildman–Crippen LogP) is 5.14. The molecule has 0 aromatic heterocycles. The zero-order valence-electron chi connectivity index (χ0n) is 16.8. The Morgan fingerprint density at radius 3 is 2.44 bits per heavy atom. The Balaban J connectivity index is 1.71. The topological polar surface area (TPSA) is 52.6 Å².